The number of benzene rings is 2. The van der Waals surface area contributed by atoms with Gasteiger partial charge in [-0.1, -0.05) is 36.4 Å². The van der Waals surface area contributed by atoms with Crippen molar-refractivity contribution in [1.29, 1.82) is 0 Å². The first kappa shape index (κ1) is 18.2. The molecule has 6 heteroatoms. The molecule has 0 aliphatic heterocycles. The Morgan fingerprint density at radius 1 is 1.12 bits per heavy atom. The van der Waals surface area contributed by atoms with Gasteiger partial charge in [0.2, 0.25) is 0 Å². The van der Waals surface area contributed by atoms with Gasteiger partial charge in [0.15, 0.2) is 11.5 Å². The van der Waals surface area contributed by atoms with Crippen LogP contribution in [-0.2, 0) is 12.1 Å². The zero-order valence-electron chi connectivity index (χ0n) is 13.6. The molecule has 0 saturated heterocycles. The SMILES string of the molecule is COc1cc(CNCC(C)(O)c2ccccc2)ccc1OC(F)F. The van der Waals surface area contributed by atoms with Crippen LogP contribution in [0, 0.1) is 0 Å². The van der Waals surface area contributed by atoms with Crippen LogP contribution in [0.1, 0.15) is 18.1 Å². The number of rotatable bonds is 8. The Morgan fingerprint density at radius 2 is 1.83 bits per heavy atom. The molecule has 0 spiro atoms. The van der Waals surface area contributed by atoms with E-state index in [-0.39, 0.29) is 11.5 Å². The summed E-state index contributed by atoms with van der Waals surface area (Å²) in [6.45, 7) is -0.373. The molecular formula is C18H21F2NO3. The van der Waals surface area contributed by atoms with Gasteiger partial charge in [-0.25, -0.2) is 0 Å². The second kappa shape index (κ2) is 8.08. The van der Waals surface area contributed by atoms with E-state index in [4.69, 9.17) is 4.74 Å². The van der Waals surface area contributed by atoms with Gasteiger partial charge in [-0.05, 0) is 30.2 Å². The number of nitrogens with one attached hydrogen (secondary N) is 1. The maximum atomic E-state index is 12.3. The first-order valence-electron chi connectivity index (χ1n) is 7.53. The zero-order valence-corrected chi connectivity index (χ0v) is 13.6. The second-order valence-corrected chi connectivity index (χ2v) is 5.61. The van der Waals surface area contributed by atoms with E-state index < -0.39 is 12.2 Å². The van der Waals surface area contributed by atoms with Crippen molar-refractivity contribution >= 4 is 0 Å². The van der Waals surface area contributed by atoms with Crippen molar-refractivity contribution < 1.29 is 23.4 Å². The van der Waals surface area contributed by atoms with E-state index in [9.17, 15) is 13.9 Å². The summed E-state index contributed by atoms with van der Waals surface area (Å²) in [4.78, 5) is 0. The molecule has 0 aromatic heterocycles. The Labute approximate surface area is 140 Å². The molecule has 24 heavy (non-hydrogen) atoms. The van der Waals surface area contributed by atoms with Gasteiger partial charge < -0.3 is 19.9 Å². The van der Waals surface area contributed by atoms with Crippen molar-refractivity contribution in [2.45, 2.75) is 25.7 Å². The summed E-state index contributed by atoms with van der Waals surface area (Å²) in [6.07, 6.45) is 0. The second-order valence-electron chi connectivity index (χ2n) is 5.61. The number of aliphatic hydroxyl groups is 1. The Hall–Kier alpha value is -2.18. The molecule has 1 unspecified atom stereocenters. The lowest BCUT2D eigenvalue weighted by Crippen LogP contribution is -2.35. The molecule has 1 atom stereocenters. The number of ether oxygens (including phenoxy) is 2. The highest BCUT2D eigenvalue weighted by atomic mass is 19.3. The van der Waals surface area contributed by atoms with Gasteiger partial charge in [0.25, 0.3) is 0 Å². The molecule has 0 bridgehead atoms. The number of methoxy groups -OCH3 is 1. The Kier molecular flexibility index (Phi) is 6.11. The third kappa shape index (κ3) is 4.91. The molecule has 4 nitrogen and oxygen atoms in total. The summed E-state index contributed by atoms with van der Waals surface area (Å²) >= 11 is 0. The molecule has 0 aliphatic carbocycles. The molecule has 0 heterocycles. The van der Waals surface area contributed by atoms with Crippen molar-refractivity contribution in [2.75, 3.05) is 13.7 Å². The number of halogens is 2. The van der Waals surface area contributed by atoms with Gasteiger partial charge in [0.05, 0.1) is 12.7 Å². The fourth-order valence-electron chi connectivity index (χ4n) is 2.36. The molecule has 0 amide bonds. The van der Waals surface area contributed by atoms with Crippen molar-refractivity contribution in [3.05, 3.63) is 59.7 Å². The minimum absolute atomic E-state index is 0.00691. The summed E-state index contributed by atoms with van der Waals surface area (Å²) in [5.74, 6) is 0.233. The van der Waals surface area contributed by atoms with Crippen molar-refractivity contribution in [1.82, 2.24) is 5.32 Å². The normalized spacial score (nSPS) is 13.6. The number of hydrogen-bond donors (Lipinski definition) is 2. The van der Waals surface area contributed by atoms with E-state index in [1.807, 2.05) is 30.3 Å². The summed E-state index contributed by atoms with van der Waals surface area (Å²) in [7, 11) is 1.39. The van der Waals surface area contributed by atoms with Gasteiger partial charge in [-0.15, -0.1) is 0 Å². The zero-order chi connectivity index (χ0) is 17.6. The van der Waals surface area contributed by atoms with Gasteiger partial charge in [-0.2, -0.15) is 8.78 Å². The quantitative estimate of drug-likeness (QED) is 0.776. The van der Waals surface area contributed by atoms with Crippen LogP contribution in [0.3, 0.4) is 0 Å². The number of alkyl halides is 2. The lowest BCUT2D eigenvalue weighted by Gasteiger charge is -2.24. The van der Waals surface area contributed by atoms with Gasteiger partial charge in [0, 0.05) is 13.1 Å². The largest absolute Gasteiger partial charge is 0.493 e. The summed E-state index contributed by atoms with van der Waals surface area (Å²) in [6, 6.07) is 14.1. The highest BCUT2D eigenvalue weighted by Gasteiger charge is 2.22. The van der Waals surface area contributed by atoms with Crippen molar-refractivity contribution in [2.24, 2.45) is 0 Å². The predicted molar refractivity (Wildman–Crippen MR) is 87.3 cm³/mol. The highest BCUT2D eigenvalue weighted by molar-refractivity contribution is 5.43. The third-order valence-corrected chi connectivity index (χ3v) is 3.64. The van der Waals surface area contributed by atoms with E-state index in [0.29, 0.717) is 13.1 Å². The topological polar surface area (TPSA) is 50.7 Å². The summed E-state index contributed by atoms with van der Waals surface area (Å²) in [5.41, 5.74) is 0.637. The lowest BCUT2D eigenvalue weighted by atomic mass is 9.96. The van der Waals surface area contributed by atoms with Crippen LogP contribution in [0.15, 0.2) is 48.5 Å². The fourth-order valence-corrected chi connectivity index (χ4v) is 2.36. The maximum Gasteiger partial charge on any atom is 0.387 e. The van der Waals surface area contributed by atoms with E-state index in [0.717, 1.165) is 11.1 Å². The number of hydrogen-bond acceptors (Lipinski definition) is 4. The molecule has 0 aliphatic rings. The summed E-state index contributed by atoms with van der Waals surface area (Å²) in [5, 5.41) is 13.7. The molecule has 2 rings (SSSR count). The van der Waals surface area contributed by atoms with E-state index >= 15 is 0 Å². The molecule has 130 valence electrons. The monoisotopic (exact) mass is 337 g/mol. The van der Waals surface area contributed by atoms with Crippen LogP contribution in [0.4, 0.5) is 8.78 Å². The van der Waals surface area contributed by atoms with Crippen molar-refractivity contribution in [3.63, 3.8) is 0 Å². The Morgan fingerprint density at radius 3 is 2.46 bits per heavy atom. The minimum Gasteiger partial charge on any atom is -0.493 e. The predicted octanol–water partition coefficient (Wildman–Crippen LogP) is 3.29. The first-order valence-corrected chi connectivity index (χ1v) is 7.53. The van der Waals surface area contributed by atoms with E-state index in [1.54, 1.807) is 19.1 Å². The summed E-state index contributed by atoms with van der Waals surface area (Å²) < 4.78 is 34.1. The maximum absolute atomic E-state index is 12.3. The third-order valence-electron chi connectivity index (χ3n) is 3.64. The van der Waals surface area contributed by atoms with Crippen LogP contribution in [0.2, 0.25) is 0 Å². The average Bonchev–Trinajstić information content (AvgIpc) is 2.56. The highest BCUT2D eigenvalue weighted by Crippen LogP contribution is 2.29. The van der Waals surface area contributed by atoms with Crippen LogP contribution in [0.5, 0.6) is 11.5 Å². The standard InChI is InChI=1S/C18H21F2NO3/c1-18(22,14-6-4-3-5-7-14)12-21-11-13-8-9-15(24-17(19)20)16(10-13)23-2/h3-10,17,21-22H,11-12H2,1-2H3. The molecule has 0 saturated carbocycles. The van der Waals surface area contributed by atoms with Crippen LogP contribution < -0.4 is 14.8 Å². The molecule has 2 N–H and O–H groups in total. The molecule has 2 aromatic carbocycles. The minimum atomic E-state index is -2.90. The van der Waals surface area contributed by atoms with E-state index in [2.05, 4.69) is 10.1 Å². The molecule has 0 radical (unpaired) electrons. The molecular weight excluding hydrogens is 316 g/mol. The van der Waals surface area contributed by atoms with Gasteiger partial charge >= 0.3 is 6.61 Å². The van der Waals surface area contributed by atoms with E-state index in [1.165, 1.54) is 13.2 Å². The Balaban J connectivity index is 1.97. The van der Waals surface area contributed by atoms with Crippen LogP contribution in [0.25, 0.3) is 0 Å². The van der Waals surface area contributed by atoms with Crippen molar-refractivity contribution in [3.8, 4) is 11.5 Å². The molecule has 0 fully saturated rings. The van der Waals surface area contributed by atoms with Crippen LogP contribution in [-0.4, -0.2) is 25.4 Å². The Bertz CT molecular complexity index is 648. The first-order chi connectivity index (χ1) is 11.4. The van der Waals surface area contributed by atoms with Crippen LogP contribution >= 0.6 is 0 Å². The smallest absolute Gasteiger partial charge is 0.387 e. The van der Waals surface area contributed by atoms with Gasteiger partial charge in [0.1, 0.15) is 0 Å². The van der Waals surface area contributed by atoms with Gasteiger partial charge in [-0.3, -0.25) is 0 Å². The average molecular weight is 337 g/mol. The molecule has 2 aromatic rings. The fraction of sp³-hybridized carbons (Fsp3) is 0.333. The lowest BCUT2D eigenvalue weighted by molar-refractivity contribution is -0.0512.